The summed E-state index contributed by atoms with van der Waals surface area (Å²) in [6.45, 7) is -0.221. The van der Waals surface area contributed by atoms with Gasteiger partial charge >= 0.3 is 5.97 Å². The summed E-state index contributed by atoms with van der Waals surface area (Å²) in [5.74, 6) is 2.21. The van der Waals surface area contributed by atoms with E-state index in [1.54, 1.807) is 7.11 Å². The Balaban J connectivity index is 1.74. The monoisotopic (exact) mass is 355 g/mol. The van der Waals surface area contributed by atoms with Gasteiger partial charge in [0.1, 0.15) is 10.6 Å². The van der Waals surface area contributed by atoms with Crippen LogP contribution in [0.5, 0.6) is 5.75 Å². The highest BCUT2D eigenvalue weighted by Gasteiger charge is 2.23. The summed E-state index contributed by atoms with van der Waals surface area (Å²) in [6, 6.07) is 7.83. The van der Waals surface area contributed by atoms with Crippen LogP contribution in [0.2, 0.25) is 0 Å². The normalized spacial score (nSPS) is 11.7. The minimum atomic E-state index is -0.495. The van der Waals surface area contributed by atoms with E-state index in [2.05, 4.69) is 11.2 Å². The number of fused-ring (bicyclic) bond motifs is 3. The number of hydrogen-bond acceptors (Lipinski definition) is 5. The molecule has 3 rings (SSSR count). The summed E-state index contributed by atoms with van der Waals surface area (Å²) in [5.41, 5.74) is 3.46. The molecule has 0 bridgehead atoms. The number of thiophene rings is 1. The molecule has 5 nitrogen and oxygen atoms in total. The van der Waals surface area contributed by atoms with E-state index in [1.165, 1.54) is 16.9 Å². The number of carbonyl (C=O) groups is 2. The number of hydrogen-bond donors (Lipinski definition) is 1. The molecule has 128 valence electrons. The summed E-state index contributed by atoms with van der Waals surface area (Å²) < 4.78 is 10.3. The van der Waals surface area contributed by atoms with E-state index >= 15 is 0 Å². The van der Waals surface area contributed by atoms with Gasteiger partial charge in [-0.2, -0.15) is 0 Å². The number of methoxy groups -OCH3 is 1. The maximum Gasteiger partial charge on any atom is 0.348 e. The van der Waals surface area contributed by atoms with Gasteiger partial charge in [0, 0.05) is 4.88 Å². The zero-order chi connectivity index (χ0) is 17.8. The van der Waals surface area contributed by atoms with Crippen LogP contribution in [0.15, 0.2) is 24.3 Å². The third-order valence-electron chi connectivity index (χ3n) is 3.95. The van der Waals surface area contributed by atoms with Gasteiger partial charge in [-0.25, -0.2) is 4.79 Å². The van der Waals surface area contributed by atoms with E-state index in [-0.39, 0.29) is 13.2 Å². The van der Waals surface area contributed by atoms with E-state index in [1.807, 2.05) is 24.3 Å². The van der Waals surface area contributed by atoms with Crippen LogP contribution >= 0.6 is 11.3 Å². The summed E-state index contributed by atoms with van der Waals surface area (Å²) in [5, 5.41) is 2.45. The highest BCUT2D eigenvalue weighted by Crippen LogP contribution is 2.40. The van der Waals surface area contributed by atoms with E-state index in [9.17, 15) is 9.59 Å². The van der Waals surface area contributed by atoms with Crippen LogP contribution in [0.1, 0.15) is 20.8 Å². The van der Waals surface area contributed by atoms with Crippen LogP contribution in [0.4, 0.5) is 0 Å². The summed E-state index contributed by atoms with van der Waals surface area (Å²) >= 11 is 1.39. The van der Waals surface area contributed by atoms with Gasteiger partial charge < -0.3 is 14.8 Å². The zero-order valence-corrected chi connectivity index (χ0v) is 14.6. The maximum absolute atomic E-state index is 12.2. The lowest BCUT2D eigenvalue weighted by Gasteiger charge is -2.16. The van der Waals surface area contributed by atoms with Crippen molar-refractivity contribution in [3.63, 3.8) is 0 Å². The number of benzene rings is 1. The predicted molar refractivity (Wildman–Crippen MR) is 95.8 cm³/mol. The first kappa shape index (κ1) is 17.1. The SMILES string of the molecule is C#CCNC(=O)COC(=O)c1cc2c(s1)-c1ccc(OC)cc1CC2. The molecular formula is C19H17NO4S. The average Bonchev–Trinajstić information content (AvgIpc) is 3.08. The number of aryl methyl sites for hydroxylation is 2. The Morgan fingerprint density at radius 3 is 2.84 bits per heavy atom. The van der Waals surface area contributed by atoms with Crippen LogP contribution in [0.3, 0.4) is 0 Å². The van der Waals surface area contributed by atoms with Crippen molar-refractivity contribution in [2.45, 2.75) is 12.8 Å². The number of ether oxygens (including phenoxy) is 2. The van der Waals surface area contributed by atoms with Crippen molar-refractivity contribution < 1.29 is 19.1 Å². The fourth-order valence-electron chi connectivity index (χ4n) is 2.74. The van der Waals surface area contributed by atoms with Crippen molar-refractivity contribution in [2.24, 2.45) is 0 Å². The second-order valence-electron chi connectivity index (χ2n) is 5.55. The topological polar surface area (TPSA) is 64.6 Å². The van der Waals surface area contributed by atoms with Gasteiger partial charge in [-0.15, -0.1) is 17.8 Å². The second-order valence-corrected chi connectivity index (χ2v) is 6.60. The molecule has 0 fully saturated rings. The molecule has 25 heavy (non-hydrogen) atoms. The molecule has 1 aromatic heterocycles. The molecule has 0 saturated carbocycles. The summed E-state index contributed by atoms with van der Waals surface area (Å²) in [7, 11) is 1.65. The molecule has 1 amide bonds. The predicted octanol–water partition coefficient (Wildman–Crippen LogP) is 2.43. The van der Waals surface area contributed by atoms with E-state index in [4.69, 9.17) is 15.9 Å². The Bertz CT molecular complexity index is 863. The van der Waals surface area contributed by atoms with Gasteiger partial charge in [0.15, 0.2) is 6.61 Å². The Morgan fingerprint density at radius 1 is 1.28 bits per heavy atom. The number of amides is 1. The lowest BCUT2D eigenvalue weighted by Crippen LogP contribution is -2.28. The van der Waals surface area contributed by atoms with E-state index in [0.717, 1.165) is 34.6 Å². The molecule has 0 aliphatic heterocycles. The number of nitrogens with one attached hydrogen (secondary N) is 1. The highest BCUT2D eigenvalue weighted by molar-refractivity contribution is 7.17. The molecule has 1 heterocycles. The fourth-order valence-corrected chi connectivity index (χ4v) is 3.91. The van der Waals surface area contributed by atoms with Gasteiger partial charge in [-0.3, -0.25) is 4.79 Å². The number of carbonyl (C=O) groups excluding carboxylic acids is 2. The first-order valence-corrected chi connectivity index (χ1v) is 8.61. The third kappa shape index (κ3) is 3.67. The lowest BCUT2D eigenvalue weighted by molar-refractivity contribution is -0.123. The standard InChI is InChI=1S/C19H17NO4S/c1-3-8-20-17(21)11-24-19(22)16-10-13-5-4-12-9-14(23-2)6-7-15(12)18(13)25-16/h1,6-7,9-10H,4-5,8,11H2,2H3,(H,20,21). The van der Waals surface area contributed by atoms with Gasteiger partial charge in [0.05, 0.1) is 13.7 Å². The van der Waals surface area contributed by atoms with Crippen molar-refractivity contribution >= 4 is 23.2 Å². The van der Waals surface area contributed by atoms with Gasteiger partial charge in [-0.05, 0) is 53.8 Å². The van der Waals surface area contributed by atoms with Gasteiger partial charge in [0.25, 0.3) is 5.91 Å². The number of rotatable bonds is 5. The fraction of sp³-hybridized carbons (Fsp3) is 0.263. The quantitative estimate of drug-likeness (QED) is 0.661. The Hall–Kier alpha value is -2.78. The Labute approximate surface area is 150 Å². The molecule has 0 atom stereocenters. The zero-order valence-electron chi connectivity index (χ0n) is 13.8. The molecule has 1 aliphatic carbocycles. The van der Waals surface area contributed by atoms with Crippen LogP contribution < -0.4 is 10.1 Å². The molecule has 1 aromatic carbocycles. The van der Waals surface area contributed by atoms with E-state index in [0.29, 0.717) is 4.88 Å². The molecular weight excluding hydrogens is 338 g/mol. The third-order valence-corrected chi connectivity index (χ3v) is 5.14. The second kappa shape index (κ2) is 7.41. The van der Waals surface area contributed by atoms with Crippen LogP contribution in [0, 0.1) is 12.3 Å². The first-order chi connectivity index (χ1) is 12.1. The van der Waals surface area contributed by atoms with Crippen molar-refractivity contribution in [3.8, 4) is 28.5 Å². The van der Waals surface area contributed by atoms with Gasteiger partial charge in [-0.1, -0.05) is 5.92 Å². The first-order valence-electron chi connectivity index (χ1n) is 7.79. The minimum Gasteiger partial charge on any atom is -0.497 e. The highest BCUT2D eigenvalue weighted by atomic mass is 32.1. The molecule has 0 unspecified atom stereocenters. The maximum atomic E-state index is 12.2. The molecule has 2 aromatic rings. The minimum absolute atomic E-state index is 0.115. The van der Waals surface area contributed by atoms with Crippen molar-refractivity contribution in [2.75, 3.05) is 20.3 Å². The molecule has 0 saturated heterocycles. The van der Waals surface area contributed by atoms with Gasteiger partial charge in [0.2, 0.25) is 0 Å². The molecule has 6 heteroatoms. The molecule has 0 radical (unpaired) electrons. The van der Waals surface area contributed by atoms with E-state index < -0.39 is 11.9 Å². The molecule has 1 aliphatic rings. The Morgan fingerprint density at radius 2 is 2.08 bits per heavy atom. The summed E-state index contributed by atoms with van der Waals surface area (Å²) in [4.78, 5) is 25.2. The van der Waals surface area contributed by atoms with Crippen molar-refractivity contribution in [1.82, 2.24) is 5.32 Å². The number of terminal acetylenes is 1. The van der Waals surface area contributed by atoms with Crippen LogP contribution in [-0.4, -0.2) is 32.1 Å². The van der Waals surface area contributed by atoms with Crippen LogP contribution in [-0.2, 0) is 22.4 Å². The average molecular weight is 355 g/mol. The molecule has 1 N–H and O–H groups in total. The summed E-state index contributed by atoms with van der Waals surface area (Å²) in [6.07, 6.45) is 6.82. The lowest BCUT2D eigenvalue weighted by atomic mass is 9.91. The number of esters is 1. The van der Waals surface area contributed by atoms with Crippen molar-refractivity contribution in [3.05, 3.63) is 40.3 Å². The largest absolute Gasteiger partial charge is 0.497 e. The smallest absolute Gasteiger partial charge is 0.348 e. The molecule has 0 spiro atoms. The Kier molecular flexibility index (Phi) is 5.05. The van der Waals surface area contributed by atoms with Crippen molar-refractivity contribution in [1.29, 1.82) is 0 Å². The van der Waals surface area contributed by atoms with Crippen LogP contribution in [0.25, 0.3) is 10.4 Å².